The van der Waals surface area contributed by atoms with E-state index < -0.39 is 12.1 Å². The third-order valence-electron chi connectivity index (χ3n) is 5.87. The van der Waals surface area contributed by atoms with Gasteiger partial charge >= 0.3 is 6.09 Å². The minimum absolute atomic E-state index is 0.180. The first-order valence-electron chi connectivity index (χ1n) is 11.3. The van der Waals surface area contributed by atoms with Crippen LogP contribution in [0.5, 0.6) is 0 Å². The highest BCUT2D eigenvalue weighted by Gasteiger charge is 2.35. The number of fused-ring (bicyclic) bond motifs is 1. The number of para-hydroxylation sites is 2. The quantitative estimate of drug-likeness (QED) is 0.459. The lowest BCUT2D eigenvalue weighted by atomic mass is 10.1. The van der Waals surface area contributed by atoms with Gasteiger partial charge in [-0.2, -0.15) is 0 Å². The molecule has 34 heavy (non-hydrogen) atoms. The van der Waals surface area contributed by atoms with Crippen LogP contribution in [0.3, 0.4) is 0 Å². The van der Waals surface area contributed by atoms with E-state index in [1.54, 1.807) is 6.20 Å². The Hall–Kier alpha value is -4.26. The number of benzene rings is 3. The van der Waals surface area contributed by atoms with Crippen LogP contribution in [0.25, 0.3) is 22.3 Å². The van der Waals surface area contributed by atoms with Gasteiger partial charge in [-0.1, -0.05) is 54.6 Å². The lowest BCUT2D eigenvalue weighted by Crippen LogP contribution is -2.43. The van der Waals surface area contributed by atoms with E-state index in [2.05, 4.69) is 15.3 Å². The average molecular weight is 453 g/mol. The number of hydrogen-bond donors (Lipinski definition) is 1. The number of nitrogens with one attached hydrogen (secondary N) is 1. The van der Waals surface area contributed by atoms with Gasteiger partial charge in [0, 0.05) is 17.8 Å². The first-order valence-corrected chi connectivity index (χ1v) is 11.3. The van der Waals surface area contributed by atoms with Crippen molar-refractivity contribution in [2.24, 2.45) is 0 Å². The van der Waals surface area contributed by atoms with Gasteiger partial charge in [0.2, 0.25) is 5.91 Å². The van der Waals surface area contributed by atoms with Crippen LogP contribution in [-0.4, -0.2) is 39.5 Å². The minimum Gasteiger partial charge on any atom is -0.445 e. The molecular formula is C27H24N4O3. The zero-order valence-electron chi connectivity index (χ0n) is 18.6. The number of rotatable bonds is 5. The molecule has 0 aliphatic carbocycles. The predicted molar refractivity (Wildman–Crippen MR) is 130 cm³/mol. The summed E-state index contributed by atoms with van der Waals surface area (Å²) in [6.45, 7) is 0.678. The van der Waals surface area contributed by atoms with Crippen molar-refractivity contribution in [1.29, 1.82) is 0 Å². The van der Waals surface area contributed by atoms with Crippen molar-refractivity contribution in [2.75, 3.05) is 11.9 Å². The first-order chi connectivity index (χ1) is 16.7. The van der Waals surface area contributed by atoms with Gasteiger partial charge in [0.25, 0.3) is 0 Å². The zero-order valence-corrected chi connectivity index (χ0v) is 18.6. The van der Waals surface area contributed by atoms with Gasteiger partial charge in [0.15, 0.2) is 0 Å². The summed E-state index contributed by atoms with van der Waals surface area (Å²) in [5, 5.41) is 2.95. The molecule has 0 saturated carbocycles. The Balaban J connectivity index is 1.26. The van der Waals surface area contributed by atoms with Crippen LogP contribution in [0.15, 0.2) is 85.1 Å². The van der Waals surface area contributed by atoms with Gasteiger partial charge in [0.1, 0.15) is 12.6 Å². The number of amides is 2. The molecule has 5 rings (SSSR count). The summed E-state index contributed by atoms with van der Waals surface area (Å²) in [5.74, 6) is -0.226. The second kappa shape index (κ2) is 9.70. The van der Waals surface area contributed by atoms with Gasteiger partial charge < -0.3 is 10.1 Å². The Bertz CT molecular complexity index is 1330. The molecule has 1 aliphatic heterocycles. The summed E-state index contributed by atoms with van der Waals surface area (Å²) in [6.07, 6.45) is 2.61. The van der Waals surface area contributed by atoms with Gasteiger partial charge in [0.05, 0.1) is 22.9 Å². The minimum atomic E-state index is -0.563. The number of anilines is 1. The maximum absolute atomic E-state index is 13.0. The van der Waals surface area contributed by atoms with Crippen LogP contribution in [0, 0.1) is 0 Å². The fourth-order valence-electron chi connectivity index (χ4n) is 4.14. The summed E-state index contributed by atoms with van der Waals surface area (Å²) in [7, 11) is 0. The molecule has 1 N–H and O–H groups in total. The largest absolute Gasteiger partial charge is 0.445 e. The van der Waals surface area contributed by atoms with E-state index in [9.17, 15) is 9.59 Å². The highest BCUT2D eigenvalue weighted by molar-refractivity contribution is 5.97. The molecule has 4 aromatic rings. The normalized spacial score (nSPS) is 15.3. The van der Waals surface area contributed by atoms with Crippen molar-refractivity contribution in [1.82, 2.24) is 14.9 Å². The molecule has 1 saturated heterocycles. The Labute approximate surface area is 197 Å². The van der Waals surface area contributed by atoms with Crippen LogP contribution in [-0.2, 0) is 16.1 Å². The molecule has 1 atom stereocenters. The van der Waals surface area contributed by atoms with Crippen molar-refractivity contribution in [3.05, 3.63) is 90.6 Å². The van der Waals surface area contributed by atoms with Crippen LogP contribution in [0.2, 0.25) is 0 Å². The van der Waals surface area contributed by atoms with Crippen LogP contribution < -0.4 is 5.32 Å². The molecule has 1 aliphatic rings. The molecule has 7 heteroatoms. The molecular weight excluding hydrogens is 428 g/mol. The SMILES string of the molecule is O=C(Nc1cccc(-c2cnc3ccccc3n2)c1)C1CCCN1C(=O)OCc1ccccc1. The molecule has 1 aromatic heterocycles. The van der Waals surface area contributed by atoms with E-state index in [-0.39, 0.29) is 12.5 Å². The third-order valence-corrected chi connectivity index (χ3v) is 5.87. The second-order valence-electron chi connectivity index (χ2n) is 8.21. The number of ether oxygens (including phenoxy) is 1. The van der Waals surface area contributed by atoms with E-state index >= 15 is 0 Å². The topological polar surface area (TPSA) is 84.4 Å². The van der Waals surface area contributed by atoms with Crippen molar-refractivity contribution < 1.29 is 14.3 Å². The monoisotopic (exact) mass is 452 g/mol. The number of nitrogens with zero attached hydrogens (tertiary/aromatic N) is 3. The first kappa shape index (κ1) is 21.6. The molecule has 0 spiro atoms. The van der Waals surface area contributed by atoms with E-state index in [0.717, 1.165) is 34.3 Å². The summed E-state index contributed by atoms with van der Waals surface area (Å²) in [4.78, 5) is 36.3. The van der Waals surface area contributed by atoms with Crippen molar-refractivity contribution in [3.8, 4) is 11.3 Å². The van der Waals surface area contributed by atoms with Gasteiger partial charge in [-0.05, 0) is 42.7 Å². The van der Waals surface area contributed by atoms with E-state index in [4.69, 9.17) is 4.74 Å². The van der Waals surface area contributed by atoms with Gasteiger partial charge in [-0.15, -0.1) is 0 Å². The smallest absolute Gasteiger partial charge is 0.410 e. The fourth-order valence-corrected chi connectivity index (χ4v) is 4.14. The highest BCUT2D eigenvalue weighted by Crippen LogP contribution is 2.24. The van der Waals surface area contributed by atoms with E-state index in [1.165, 1.54) is 4.90 Å². The molecule has 170 valence electrons. The van der Waals surface area contributed by atoms with E-state index in [1.807, 2.05) is 78.9 Å². The van der Waals surface area contributed by atoms with Crippen molar-refractivity contribution in [3.63, 3.8) is 0 Å². The molecule has 2 amide bonds. The van der Waals surface area contributed by atoms with E-state index in [0.29, 0.717) is 18.7 Å². The Morgan fingerprint density at radius 2 is 1.76 bits per heavy atom. The summed E-state index contributed by atoms with van der Waals surface area (Å²) >= 11 is 0. The maximum Gasteiger partial charge on any atom is 0.410 e. The van der Waals surface area contributed by atoms with Crippen molar-refractivity contribution in [2.45, 2.75) is 25.5 Å². The molecule has 1 unspecified atom stereocenters. The number of aromatic nitrogens is 2. The zero-order chi connectivity index (χ0) is 23.3. The highest BCUT2D eigenvalue weighted by atomic mass is 16.6. The Kier molecular flexibility index (Phi) is 6.16. The van der Waals surface area contributed by atoms with Crippen LogP contribution in [0.4, 0.5) is 10.5 Å². The van der Waals surface area contributed by atoms with Crippen LogP contribution in [0.1, 0.15) is 18.4 Å². The molecule has 0 radical (unpaired) electrons. The number of likely N-dealkylation sites (tertiary alicyclic amines) is 1. The van der Waals surface area contributed by atoms with Gasteiger partial charge in [-0.25, -0.2) is 9.78 Å². The van der Waals surface area contributed by atoms with Gasteiger partial charge in [-0.3, -0.25) is 14.7 Å². The molecule has 2 heterocycles. The Morgan fingerprint density at radius 1 is 0.971 bits per heavy atom. The standard InChI is InChI=1S/C27H24N4O3/c32-26(25-14-7-15-31(25)27(33)34-18-19-8-2-1-3-9-19)29-21-11-6-10-20(16-21)24-17-28-22-12-4-5-13-23(22)30-24/h1-6,8-13,16-17,25H,7,14-15,18H2,(H,29,32). The average Bonchev–Trinajstić information content (AvgIpc) is 3.38. The van der Waals surface area contributed by atoms with Crippen LogP contribution >= 0.6 is 0 Å². The predicted octanol–water partition coefficient (Wildman–Crippen LogP) is 5.04. The lowest BCUT2D eigenvalue weighted by Gasteiger charge is -2.23. The molecule has 0 bridgehead atoms. The number of carbonyl (C=O) groups is 2. The number of carbonyl (C=O) groups excluding carboxylic acids is 2. The second-order valence-corrected chi connectivity index (χ2v) is 8.21. The fraction of sp³-hybridized carbons (Fsp3) is 0.185. The summed E-state index contributed by atoms with van der Waals surface area (Å²) in [5.41, 5.74) is 4.76. The number of hydrogen-bond acceptors (Lipinski definition) is 5. The summed E-state index contributed by atoms with van der Waals surface area (Å²) in [6, 6.07) is 24.1. The molecule has 3 aromatic carbocycles. The molecule has 7 nitrogen and oxygen atoms in total. The maximum atomic E-state index is 13.0. The molecule has 1 fully saturated rings. The lowest BCUT2D eigenvalue weighted by molar-refractivity contribution is -0.120. The third kappa shape index (κ3) is 4.73. The Morgan fingerprint density at radius 3 is 2.62 bits per heavy atom. The van der Waals surface area contributed by atoms with Crippen molar-refractivity contribution >= 4 is 28.7 Å². The summed E-state index contributed by atoms with van der Waals surface area (Å²) < 4.78 is 5.45.